The van der Waals surface area contributed by atoms with E-state index < -0.39 is 21.9 Å². The number of rotatable bonds is 12. The molecule has 0 aliphatic rings. The number of halogens is 3. The zero-order chi connectivity index (χ0) is 27.0. The van der Waals surface area contributed by atoms with Crippen molar-refractivity contribution >= 4 is 50.7 Å². The van der Waals surface area contributed by atoms with Crippen molar-refractivity contribution in [3.63, 3.8) is 0 Å². The number of benzene rings is 2. The summed E-state index contributed by atoms with van der Waals surface area (Å²) in [5.74, 6) is -1.04. The number of sulfonamides is 1. The molecule has 0 heterocycles. The van der Waals surface area contributed by atoms with Crippen LogP contribution in [0, 0.1) is 5.82 Å². The van der Waals surface area contributed by atoms with Crippen LogP contribution in [-0.2, 0) is 26.2 Å². The van der Waals surface area contributed by atoms with E-state index in [-0.39, 0.29) is 54.5 Å². The predicted molar refractivity (Wildman–Crippen MR) is 142 cm³/mol. The summed E-state index contributed by atoms with van der Waals surface area (Å²) < 4.78 is 39.4. The fourth-order valence-corrected chi connectivity index (χ4v) is 4.90. The number of hydrogen-bond acceptors (Lipinski definition) is 4. The van der Waals surface area contributed by atoms with Crippen molar-refractivity contribution in [2.24, 2.45) is 0 Å². The number of nitrogens with zero attached hydrogens (tertiary/aromatic N) is 2. The van der Waals surface area contributed by atoms with Crippen LogP contribution in [0.15, 0.2) is 42.5 Å². The first-order valence-electron chi connectivity index (χ1n) is 11.6. The molecule has 36 heavy (non-hydrogen) atoms. The fourth-order valence-electron chi connectivity index (χ4n) is 3.49. The SMILES string of the molecule is CC[C@H](C)NC(=O)[C@@H](C)N(Cc1ccc(F)cc1)C(=O)CCCN(c1cc(Cl)ccc1Cl)S(C)(=O)=O. The summed E-state index contributed by atoms with van der Waals surface area (Å²) in [7, 11) is -3.71. The molecule has 0 aliphatic heterocycles. The molecule has 0 saturated heterocycles. The fraction of sp³-hybridized carbons (Fsp3) is 0.440. The van der Waals surface area contributed by atoms with E-state index in [1.807, 2.05) is 13.8 Å². The molecule has 2 amide bonds. The minimum Gasteiger partial charge on any atom is -0.352 e. The van der Waals surface area contributed by atoms with Gasteiger partial charge in [-0.15, -0.1) is 0 Å². The average Bonchev–Trinajstić information content (AvgIpc) is 2.81. The number of hydrogen-bond donors (Lipinski definition) is 1. The third-order valence-electron chi connectivity index (χ3n) is 5.76. The summed E-state index contributed by atoms with van der Waals surface area (Å²) >= 11 is 12.2. The van der Waals surface area contributed by atoms with Gasteiger partial charge in [0.1, 0.15) is 11.9 Å². The van der Waals surface area contributed by atoms with E-state index in [2.05, 4.69) is 5.32 Å². The van der Waals surface area contributed by atoms with Gasteiger partial charge in [-0.1, -0.05) is 42.3 Å². The molecule has 198 valence electrons. The molecule has 11 heteroatoms. The molecule has 2 aromatic carbocycles. The maximum Gasteiger partial charge on any atom is 0.242 e. The molecule has 0 aromatic heterocycles. The van der Waals surface area contributed by atoms with Crippen molar-refractivity contribution in [2.45, 2.75) is 58.7 Å². The molecule has 1 N–H and O–H groups in total. The predicted octanol–water partition coefficient (Wildman–Crippen LogP) is 5.01. The van der Waals surface area contributed by atoms with Gasteiger partial charge >= 0.3 is 0 Å². The Bertz CT molecular complexity index is 1160. The van der Waals surface area contributed by atoms with Crippen LogP contribution in [0.5, 0.6) is 0 Å². The third kappa shape index (κ3) is 8.64. The maximum absolute atomic E-state index is 13.4. The van der Waals surface area contributed by atoms with Gasteiger partial charge in [-0.25, -0.2) is 12.8 Å². The number of carbonyl (C=O) groups excluding carboxylic acids is 2. The molecule has 0 saturated carbocycles. The number of nitrogens with one attached hydrogen (secondary N) is 1. The minimum atomic E-state index is -3.71. The summed E-state index contributed by atoms with van der Waals surface area (Å²) in [6.45, 7) is 5.54. The molecule has 2 atom stereocenters. The summed E-state index contributed by atoms with van der Waals surface area (Å²) in [5, 5.41) is 3.42. The Hall–Kier alpha value is -2.36. The van der Waals surface area contributed by atoms with E-state index >= 15 is 0 Å². The third-order valence-corrected chi connectivity index (χ3v) is 7.50. The molecule has 0 unspecified atom stereocenters. The van der Waals surface area contributed by atoms with Crippen molar-refractivity contribution in [3.8, 4) is 0 Å². The Balaban J connectivity index is 2.20. The number of amides is 2. The Morgan fingerprint density at radius 3 is 2.31 bits per heavy atom. The lowest BCUT2D eigenvalue weighted by Crippen LogP contribution is -2.49. The summed E-state index contributed by atoms with van der Waals surface area (Å²) in [4.78, 5) is 27.5. The topological polar surface area (TPSA) is 86.8 Å². The van der Waals surface area contributed by atoms with Gasteiger partial charge in [-0.05, 0) is 62.6 Å². The second kappa shape index (κ2) is 13.3. The molecule has 0 fully saturated rings. The lowest BCUT2D eigenvalue weighted by molar-refractivity contribution is -0.140. The highest BCUT2D eigenvalue weighted by Crippen LogP contribution is 2.31. The highest BCUT2D eigenvalue weighted by Gasteiger charge is 2.27. The first-order valence-corrected chi connectivity index (χ1v) is 14.2. The molecule has 0 spiro atoms. The van der Waals surface area contributed by atoms with E-state index in [4.69, 9.17) is 23.2 Å². The summed E-state index contributed by atoms with van der Waals surface area (Å²) in [5.41, 5.74) is 0.889. The Kier molecular flexibility index (Phi) is 11.0. The largest absolute Gasteiger partial charge is 0.352 e. The molecular weight excluding hydrogens is 528 g/mol. The van der Waals surface area contributed by atoms with Crippen molar-refractivity contribution < 1.29 is 22.4 Å². The summed E-state index contributed by atoms with van der Waals surface area (Å²) in [6, 6.07) is 9.36. The highest BCUT2D eigenvalue weighted by molar-refractivity contribution is 7.92. The maximum atomic E-state index is 13.4. The van der Waals surface area contributed by atoms with Crippen LogP contribution >= 0.6 is 23.2 Å². The van der Waals surface area contributed by atoms with Gasteiger partial charge in [0.15, 0.2) is 0 Å². The quantitative estimate of drug-likeness (QED) is 0.396. The van der Waals surface area contributed by atoms with Crippen molar-refractivity contribution in [2.75, 3.05) is 17.1 Å². The lowest BCUT2D eigenvalue weighted by atomic mass is 10.1. The zero-order valence-corrected chi connectivity index (χ0v) is 23.1. The number of carbonyl (C=O) groups is 2. The van der Waals surface area contributed by atoms with Crippen LogP contribution in [0.2, 0.25) is 10.0 Å². The van der Waals surface area contributed by atoms with E-state index in [0.29, 0.717) is 10.6 Å². The smallest absolute Gasteiger partial charge is 0.242 e. The zero-order valence-electron chi connectivity index (χ0n) is 20.8. The van der Waals surface area contributed by atoms with Crippen LogP contribution < -0.4 is 9.62 Å². The average molecular weight is 561 g/mol. The Morgan fingerprint density at radius 2 is 1.72 bits per heavy atom. The second-order valence-electron chi connectivity index (χ2n) is 8.68. The van der Waals surface area contributed by atoms with Crippen LogP contribution in [0.25, 0.3) is 0 Å². The van der Waals surface area contributed by atoms with Gasteiger partial charge in [0, 0.05) is 30.6 Å². The minimum absolute atomic E-state index is 0.0114. The van der Waals surface area contributed by atoms with E-state index in [1.165, 1.54) is 29.2 Å². The first-order chi connectivity index (χ1) is 16.8. The van der Waals surface area contributed by atoms with Crippen molar-refractivity contribution in [1.82, 2.24) is 10.2 Å². The van der Waals surface area contributed by atoms with Crippen molar-refractivity contribution in [1.29, 1.82) is 0 Å². The van der Waals surface area contributed by atoms with Gasteiger partial charge < -0.3 is 10.2 Å². The van der Waals surface area contributed by atoms with Crippen LogP contribution in [0.4, 0.5) is 10.1 Å². The van der Waals surface area contributed by atoms with E-state index in [0.717, 1.165) is 17.0 Å². The number of anilines is 1. The lowest BCUT2D eigenvalue weighted by Gasteiger charge is -2.30. The molecule has 2 rings (SSSR count). The van der Waals surface area contributed by atoms with Crippen LogP contribution in [0.1, 0.15) is 45.6 Å². The Morgan fingerprint density at radius 1 is 1.08 bits per heavy atom. The molecule has 0 aliphatic carbocycles. The first kappa shape index (κ1) is 29.9. The van der Waals surface area contributed by atoms with Crippen LogP contribution in [-0.4, -0.2) is 50.0 Å². The molecular formula is C25H32Cl2FN3O4S. The van der Waals surface area contributed by atoms with Gasteiger partial charge in [-0.3, -0.25) is 13.9 Å². The van der Waals surface area contributed by atoms with Gasteiger partial charge in [0.2, 0.25) is 21.8 Å². The van der Waals surface area contributed by atoms with E-state index in [9.17, 15) is 22.4 Å². The highest BCUT2D eigenvalue weighted by atomic mass is 35.5. The molecule has 7 nitrogen and oxygen atoms in total. The normalized spacial score (nSPS) is 13.1. The molecule has 0 bridgehead atoms. The van der Waals surface area contributed by atoms with Gasteiger partial charge in [-0.2, -0.15) is 0 Å². The monoisotopic (exact) mass is 559 g/mol. The second-order valence-corrected chi connectivity index (χ2v) is 11.4. The van der Waals surface area contributed by atoms with Gasteiger partial charge in [0.25, 0.3) is 0 Å². The Labute approximate surface area is 222 Å². The molecule has 0 radical (unpaired) electrons. The standard InChI is InChI=1S/C25H32Cl2FN3O4S/c1-5-17(2)29-25(33)18(3)30(16-19-8-11-21(28)12-9-19)24(32)7-6-14-31(36(4,34)35)23-15-20(26)10-13-22(23)27/h8-13,15,17-18H,5-7,14,16H2,1-4H3,(H,29,33)/t17-,18+/m0/s1. The summed E-state index contributed by atoms with van der Waals surface area (Å²) in [6.07, 6.45) is 1.94. The molecule has 2 aromatic rings. The van der Waals surface area contributed by atoms with E-state index in [1.54, 1.807) is 25.1 Å². The van der Waals surface area contributed by atoms with Crippen LogP contribution in [0.3, 0.4) is 0 Å². The van der Waals surface area contributed by atoms with Gasteiger partial charge in [0.05, 0.1) is 17.0 Å². The van der Waals surface area contributed by atoms with Crippen molar-refractivity contribution in [3.05, 3.63) is 63.9 Å².